The summed E-state index contributed by atoms with van der Waals surface area (Å²) in [6, 6.07) is 12.9. The van der Waals surface area contributed by atoms with E-state index in [0.29, 0.717) is 22.0 Å². The lowest BCUT2D eigenvalue weighted by atomic mass is 10.1. The molecule has 0 bridgehead atoms. The van der Waals surface area contributed by atoms with Gasteiger partial charge < -0.3 is 19.7 Å². The van der Waals surface area contributed by atoms with Crippen molar-refractivity contribution in [2.75, 3.05) is 30.0 Å². The van der Waals surface area contributed by atoms with Crippen molar-refractivity contribution in [3.05, 3.63) is 59.1 Å². The summed E-state index contributed by atoms with van der Waals surface area (Å²) < 4.78 is 9.97. The zero-order valence-electron chi connectivity index (χ0n) is 16.8. The number of nitrogens with one attached hydrogen (secondary N) is 1. The molecule has 1 aliphatic heterocycles. The van der Waals surface area contributed by atoms with Gasteiger partial charge >= 0.3 is 11.9 Å². The first kappa shape index (κ1) is 22.3. The molecule has 2 aromatic carbocycles. The Hall–Kier alpha value is -3.39. The Morgan fingerprint density at radius 2 is 1.74 bits per heavy atom. The summed E-state index contributed by atoms with van der Waals surface area (Å²) in [7, 11) is 0. The van der Waals surface area contributed by atoms with Gasteiger partial charge in [0.15, 0.2) is 6.61 Å². The molecule has 1 atom stereocenters. The summed E-state index contributed by atoms with van der Waals surface area (Å²) in [4.78, 5) is 49.7. The molecule has 0 saturated carbocycles. The second kappa shape index (κ2) is 10.1. The van der Waals surface area contributed by atoms with Gasteiger partial charge in [0.1, 0.15) is 0 Å². The van der Waals surface area contributed by atoms with Crippen molar-refractivity contribution in [1.29, 1.82) is 0 Å². The minimum Gasteiger partial charge on any atom is -0.462 e. The van der Waals surface area contributed by atoms with Gasteiger partial charge in [-0.15, -0.1) is 0 Å². The largest absolute Gasteiger partial charge is 0.462 e. The Kier molecular flexibility index (Phi) is 7.25. The maximum absolute atomic E-state index is 12.3. The molecule has 162 valence electrons. The third-order valence-corrected chi connectivity index (χ3v) is 4.87. The van der Waals surface area contributed by atoms with Gasteiger partial charge in [0, 0.05) is 29.4 Å². The van der Waals surface area contributed by atoms with Gasteiger partial charge in [-0.25, -0.2) is 4.79 Å². The van der Waals surface area contributed by atoms with Crippen LogP contribution in [0.5, 0.6) is 0 Å². The molecule has 0 spiro atoms. The van der Waals surface area contributed by atoms with E-state index in [-0.39, 0.29) is 25.5 Å². The van der Waals surface area contributed by atoms with E-state index in [1.54, 1.807) is 43.3 Å². The van der Waals surface area contributed by atoms with Gasteiger partial charge in [-0.2, -0.15) is 0 Å². The van der Waals surface area contributed by atoms with Crippen LogP contribution < -0.4 is 10.2 Å². The second-order valence-corrected chi connectivity index (χ2v) is 7.27. The van der Waals surface area contributed by atoms with E-state index < -0.39 is 30.4 Å². The van der Waals surface area contributed by atoms with E-state index in [4.69, 9.17) is 21.1 Å². The number of amides is 2. The maximum Gasteiger partial charge on any atom is 0.338 e. The fourth-order valence-corrected chi connectivity index (χ4v) is 3.22. The Labute approximate surface area is 184 Å². The zero-order chi connectivity index (χ0) is 22.4. The molecule has 9 heteroatoms. The third-order valence-electron chi connectivity index (χ3n) is 4.62. The van der Waals surface area contributed by atoms with Gasteiger partial charge in [0.25, 0.3) is 5.91 Å². The molecule has 1 heterocycles. The van der Waals surface area contributed by atoms with E-state index in [0.717, 1.165) is 0 Å². The lowest BCUT2D eigenvalue weighted by molar-refractivity contribution is -0.151. The van der Waals surface area contributed by atoms with E-state index in [1.807, 2.05) is 0 Å². The molecule has 1 N–H and O–H groups in total. The first-order chi connectivity index (χ1) is 14.9. The molecule has 3 rings (SSSR count). The van der Waals surface area contributed by atoms with E-state index in [1.165, 1.54) is 17.0 Å². The molecule has 0 aromatic heterocycles. The quantitative estimate of drug-likeness (QED) is 0.658. The second-order valence-electron chi connectivity index (χ2n) is 6.84. The number of rotatable bonds is 7. The highest BCUT2D eigenvalue weighted by Gasteiger charge is 2.36. The highest BCUT2D eigenvalue weighted by Crippen LogP contribution is 2.27. The number of esters is 2. The SMILES string of the molecule is CCOC(=O)c1ccc(NC(=O)COC(=O)[C@H]2CC(=O)N(c3ccc(Cl)cc3)C2)cc1. The van der Waals surface area contributed by atoms with Crippen molar-refractivity contribution in [2.24, 2.45) is 5.92 Å². The molecule has 0 aliphatic carbocycles. The van der Waals surface area contributed by atoms with Crippen molar-refractivity contribution >= 4 is 46.7 Å². The summed E-state index contributed by atoms with van der Waals surface area (Å²) >= 11 is 5.86. The number of benzene rings is 2. The van der Waals surface area contributed by atoms with Crippen LogP contribution in [0, 0.1) is 5.92 Å². The molecule has 1 saturated heterocycles. The third kappa shape index (κ3) is 5.82. The van der Waals surface area contributed by atoms with Crippen LogP contribution in [0.25, 0.3) is 0 Å². The van der Waals surface area contributed by atoms with E-state index in [9.17, 15) is 19.2 Å². The molecular formula is C22H21ClN2O6. The molecule has 0 radical (unpaired) electrons. The van der Waals surface area contributed by atoms with Gasteiger partial charge in [0.2, 0.25) is 5.91 Å². The molecule has 2 amide bonds. The van der Waals surface area contributed by atoms with Crippen molar-refractivity contribution in [3.8, 4) is 0 Å². The molecular weight excluding hydrogens is 424 g/mol. The van der Waals surface area contributed by atoms with Crippen LogP contribution in [-0.4, -0.2) is 43.5 Å². The molecule has 2 aromatic rings. The fourth-order valence-electron chi connectivity index (χ4n) is 3.09. The van der Waals surface area contributed by atoms with E-state index >= 15 is 0 Å². The Morgan fingerprint density at radius 3 is 2.39 bits per heavy atom. The number of hydrogen-bond donors (Lipinski definition) is 1. The normalized spacial score (nSPS) is 15.5. The number of carbonyl (C=O) groups is 4. The predicted molar refractivity (Wildman–Crippen MR) is 114 cm³/mol. The first-order valence-electron chi connectivity index (χ1n) is 9.67. The molecule has 1 fully saturated rings. The highest BCUT2D eigenvalue weighted by molar-refractivity contribution is 6.30. The van der Waals surface area contributed by atoms with Crippen LogP contribution in [0.1, 0.15) is 23.7 Å². The van der Waals surface area contributed by atoms with Gasteiger partial charge in [0.05, 0.1) is 18.1 Å². The predicted octanol–water partition coefficient (Wildman–Crippen LogP) is 3.05. The van der Waals surface area contributed by atoms with Crippen molar-refractivity contribution in [2.45, 2.75) is 13.3 Å². The van der Waals surface area contributed by atoms with E-state index in [2.05, 4.69) is 5.32 Å². The van der Waals surface area contributed by atoms with Crippen LogP contribution in [-0.2, 0) is 23.9 Å². The molecule has 0 unspecified atom stereocenters. The van der Waals surface area contributed by atoms with Gasteiger partial charge in [-0.05, 0) is 55.5 Å². The standard InChI is InChI=1S/C22H21ClN2O6/c1-2-30-21(28)14-3-7-17(8-4-14)24-19(26)13-31-22(29)15-11-20(27)25(12-15)18-9-5-16(23)6-10-18/h3-10,15H,2,11-13H2,1H3,(H,24,26)/t15-/m0/s1. The van der Waals surface area contributed by atoms with Crippen molar-refractivity contribution in [1.82, 2.24) is 0 Å². The summed E-state index contributed by atoms with van der Waals surface area (Å²) in [6.45, 7) is 1.68. The summed E-state index contributed by atoms with van der Waals surface area (Å²) in [5.41, 5.74) is 1.45. The smallest absolute Gasteiger partial charge is 0.338 e. The van der Waals surface area contributed by atoms with Crippen molar-refractivity contribution in [3.63, 3.8) is 0 Å². The average Bonchev–Trinajstić information content (AvgIpc) is 3.15. The fraction of sp³-hybridized carbons (Fsp3) is 0.273. The first-order valence-corrected chi connectivity index (χ1v) is 10.0. The number of halogens is 1. The Bertz CT molecular complexity index is 975. The topological polar surface area (TPSA) is 102 Å². The number of nitrogens with zero attached hydrogens (tertiary/aromatic N) is 1. The maximum atomic E-state index is 12.3. The molecule has 8 nitrogen and oxygen atoms in total. The van der Waals surface area contributed by atoms with Gasteiger partial charge in [-0.3, -0.25) is 14.4 Å². The number of hydrogen-bond acceptors (Lipinski definition) is 6. The van der Waals surface area contributed by atoms with Crippen LogP contribution in [0.2, 0.25) is 5.02 Å². The van der Waals surface area contributed by atoms with Gasteiger partial charge in [-0.1, -0.05) is 11.6 Å². The van der Waals surface area contributed by atoms with Crippen LogP contribution in [0.15, 0.2) is 48.5 Å². The molecule has 1 aliphatic rings. The highest BCUT2D eigenvalue weighted by atomic mass is 35.5. The lowest BCUT2D eigenvalue weighted by Gasteiger charge is -2.16. The number of ether oxygens (including phenoxy) is 2. The van der Waals surface area contributed by atoms with Crippen molar-refractivity contribution < 1.29 is 28.7 Å². The summed E-state index contributed by atoms with van der Waals surface area (Å²) in [5.74, 6) is -2.45. The summed E-state index contributed by atoms with van der Waals surface area (Å²) in [5, 5.41) is 3.13. The minimum absolute atomic E-state index is 0.0123. The number of carbonyl (C=O) groups excluding carboxylic acids is 4. The number of anilines is 2. The van der Waals surface area contributed by atoms with Crippen LogP contribution >= 0.6 is 11.6 Å². The monoisotopic (exact) mass is 444 g/mol. The Balaban J connectivity index is 1.48. The summed E-state index contributed by atoms with van der Waals surface area (Å²) in [6.07, 6.45) is 0.0123. The minimum atomic E-state index is -0.653. The van der Waals surface area contributed by atoms with Crippen LogP contribution in [0.4, 0.5) is 11.4 Å². The lowest BCUT2D eigenvalue weighted by Crippen LogP contribution is -2.28. The zero-order valence-corrected chi connectivity index (χ0v) is 17.6. The average molecular weight is 445 g/mol. The van der Waals surface area contributed by atoms with Crippen LogP contribution in [0.3, 0.4) is 0 Å². The Morgan fingerprint density at radius 1 is 1.06 bits per heavy atom. The molecule has 31 heavy (non-hydrogen) atoms.